The second-order valence-corrected chi connectivity index (χ2v) is 5.31. The lowest BCUT2D eigenvalue weighted by atomic mass is 9.95. The zero-order valence-electron chi connectivity index (χ0n) is 13.2. The van der Waals surface area contributed by atoms with Gasteiger partial charge in [-0.05, 0) is 31.4 Å². The summed E-state index contributed by atoms with van der Waals surface area (Å²) in [4.78, 5) is 4.18. The van der Waals surface area contributed by atoms with Crippen LogP contribution >= 0.6 is 24.0 Å². The summed E-state index contributed by atoms with van der Waals surface area (Å²) >= 11 is 0. The van der Waals surface area contributed by atoms with E-state index in [1.54, 1.807) is 13.1 Å². The van der Waals surface area contributed by atoms with Crippen LogP contribution in [0.3, 0.4) is 0 Å². The number of ether oxygens (including phenoxy) is 1. The Bertz CT molecular complexity index is 492. The number of halogens is 2. The summed E-state index contributed by atoms with van der Waals surface area (Å²) in [7, 11) is 1.73. The van der Waals surface area contributed by atoms with Crippen molar-refractivity contribution in [2.45, 2.75) is 25.2 Å². The van der Waals surface area contributed by atoms with E-state index in [0.717, 1.165) is 24.4 Å². The maximum absolute atomic E-state index is 13.9. The largest absolute Gasteiger partial charge is 0.380 e. The first kappa shape index (κ1) is 19.2. The lowest BCUT2D eigenvalue weighted by Gasteiger charge is -2.19. The molecule has 0 radical (unpaired) electrons. The Morgan fingerprint density at radius 2 is 2.05 bits per heavy atom. The summed E-state index contributed by atoms with van der Waals surface area (Å²) in [5.41, 5.74) is 0.727. The molecule has 0 atom stereocenters. The van der Waals surface area contributed by atoms with E-state index in [4.69, 9.17) is 4.74 Å². The second-order valence-electron chi connectivity index (χ2n) is 5.31. The minimum atomic E-state index is -0.115. The van der Waals surface area contributed by atoms with Gasteiger partial charge in [0.1, 0.15) is 5.82 Å². The number of nitrogens with one attached hydrogen (secondary N) is 2. The smallest absolute Gasteiger partial charge is 0.191 e. The normalized spacial score (nSPS) is 15.9. The Morgan fingerprint density at radius 1 is 1.32 bits per heavy atom. The predicted molar refractivity (Wildman–Crippen MR) is 98.6 cm³/mol. The molecule has 0 aromatic heterocycles. The van der Waals surface area contributed by atoms with Gasteiger partial charge in [0.2, 0.25) is 0 Å². The molecule has 1 fully saturated rings. The lowest BCUT2D eigenvalue weighted by Crippen LogP contribution is -2.42. The third-order valence-electron chi connectivity index (χ3n) is 3.86. The number of rotatable bonds is 7. The molecule has 1 aliphatic rings. The van der Waals surface area contributed by atoms with Gasteiger partial charge in [0, 0.05) is 32.2 Å². The molecule has 6 heteroatoms. The fraction of sp³-hybridized carbons (Fsp3) is 0.562. The summed E-state index contributed by atoms with van der Waals surface area (Å²) < 4.78 is 19.2. The van der Waals surface area contributed by atoms with Crippen molar-refractivity contribution in [1.82, 2.24) is 10.6 Å². The molecule has 2 rings (SSSR count). The van der Waals surface area contributed by atoms with Gasteiger partial charge in [-0.25, -0.2) is 4.39 Å². The second kappa shape index (κ2) is 9.29. The van der Waals surface area contributed by atoms with Gasteiger partial charge in [0.25, 0.3) is 0 Å². The van der Waals surface area contributed by atoms with Gasteiger partial charge >= 0.3 is 0 Å². The molecule has 0 unspecified atom stereocenters. The minimum absolute atomic E-state index is 0. The summed E-state index contributed by atoms with van der Waals surface area (Å²) in [6.07, 6.45) is 2.02. The summed E-state index contributed by atoms with van der Waals surface area (Å²) in [5.74, 6) is 0.619. The molecule has 0 heterocycles. The van der Waals surface area contributed by atoms with E-state index in [2.05, 4.69) is 15.6 Å². The monoisotopic (exact) mass is 421 g/mol. The highest BCUT2D eigenvalue weighted by molar-refractivity contribution is 14.0. The van der Waals surface area contributed by atoms with E-state index in [9.17, 15) is 4.39 Å². The molecule has 0 aliphatic heterocycles. The van der Waals surface area contributed by atoms with Gasteiger partial charge in [-0.15, -0.1) is 24.0 Å². The van der Waals surface area contributed by atoms with Gasteiger partial charge < -0.3 is 15.4 Å². The molecule has 22 heavy (non-hydrogen) atoms. The van der Waals surface area contributed by atoms with Crippen LogP contribution in [0, 0.1) is 5.82 Å². The number of hydrogen-bond donors (Lipinski definition) is 2. The number of benzene rings is 1. The van der Waals surface area contributed by atoms with Crippen LogP contribution in [0.4, 0.5) is 4.39 Å². The third kappa shape index (κ3) is 5.08. The van der Waals surface area contributed by atoms with E-state index in [-0.39, 0.29) is 35.2 Å². The highest BCUT2D eigenvalue weighted by Crippen LogP contribution is 2.48. The Kier molecular flexibility index (Phi) is 8.09. The molecule has 1 saturated carbocycles. The molecule has 0 spiro atoms. The van der Waals surface area contributed by atoms with Crippen LogP contribution in [0.5, 0.6) is 0 Å². The van der Waals surface area contributed by atoms with Crippen LogP contribution < -0.4 is 10.6 Å². The van der Waals surface area contributed by atoms with E-state index in [1.165, 1.54) is 6.07 Å². The van der Waals surface area contributed by atoms with Crippen molar-refractivity contribution in [1.29, 1.82) is 0 Å². The van der Waals surface area contributed by atoms with Gasteiger partial charge in [-0.2, -0.15) is 0 Å². The maximum atomic E-state index is 13.9. The highest BCUT2D eigenvalue weighted by atomic mass is 127. The van der Waals surface area contributed by atoms with Gasteiger partial charge in [0.15, 0.2) is 5.96 Å². The van der Waals surface area contributed by atoms with Crippen LogP contribution in [0.15, 0.2) is 29.3 Å². The average Bonchev–Trinajstić information content (AvgIpc) is 3.28. The maximum Gasteiger partial charge on any atom is 0.191 e. The van der Waals surface area contributed by atoms with E-state index in [0.29, 0.717) is 26.3 Å². The highest BCUT2D eigenvalue weighted by Gasteiger charge is 2.45. The van der Waals surface area contributed by atoms with Crippen LogP contribution in [0.2, 0.25) is 0 Å². The molecule has 1 aromatic carbocycles. The Hall–Kier alpha value is -0.890. The van der Waals surface area contributed by atoms with Crippen molar-refractivity contribution in [3.05, 3.63) is 35.6 Å². The third-order valence-corrected chi connectivity index (χ3v) is 3.86. The fourth-order valence-electron chi connectivity index (χ4n) is 2.44. The van der Waals surface area contributed by atoms with Crippen LogP contribution in [0.1, 0.15) is 25.3 Å². The van der Waals surface area contributed by atoms with Crippen LogP contribution in [-0.2, 0) is 10.2 Å². The van der Waals surface area contributed by atoms with Crippen molar-refractivity contribution < 1.29 is 9.13 Å². The van der Waals surface area contributed by atoms with Crippen molar-refractivity contribution in [3.8, 4) is 0 Å². The molecule has 2 N–H and O–H groups in total. The van der Waals surface area contributed by atoms with E-state index >= 15 is 0 Å². The zero-order valence-corrected chi connectivity index (χ0v) is 15.5. The Balaban J connectivity index is 0.00000242. The first-order valence-corrected chi connectivity index (χ1v) is 7.49. The van der Waals surface area contributed by atoms with Gasteiger partial charge in [0.05, 0.1) is 6.61 Å². The number of aliphatic imine (C=N–C) groups is 1. The summed E-state index contributed by atoms with van der Waals surface area (Å²) in [6.45, 7) is 4.74. The topological polar surface area (TPSA) is 45.6 Å². The van der Waals surface area contributed by atoms with Crippen LogP contribution in [-0.4, -0.2) is 39.3 Å². The molecular weight excluding hydrogens is 396 g/mol. The quantitative estimate of drug-likeness (QED) is 0.308. The number of guanidine groups is 1. The first-order chi connectivity index (χ1) is 10.2. The standard InChI is InChI=1S/C16H24FN3O.HI/c1-3-21-11-10-19-15(18-2)20-12-16(8-9-16)13-6-4-5-7-14(13)17;/h4-7H,3,8-12H2,1-2H3,(H2,18,19,20);1H. The van der Waals surface area contributed by atoms with Crippen molar-refractivity contribution in [2.75, 3.05) is 33.4 Å². The van der Waals surface area contributed by atoms with Crippen molar-refractivity contribution in [2.24, 2.45) is 4.99 Å². The Morgan fingerprint density at radius 3 is 2.64 bits per heavy atom. The molecule has 1 aromatic rings. The Labute approximate surface area is 148 Å². The van der Waals surface area contributed by atoms with Crippen molar-refractivity contribution in [3.63, 3.8) is 0 Å². The van der Waals surface area contributed by atoms with Crippen LogP contribution in [0.25, 0.3) is 0 Å². The number of nitrogens with zero attached hydrogens (tertiary/aromatic N) is 1. The lowest BCUT2D eigenvalue weighted by molar-refractivity contribution is 0.152. The van der Waals surface area contributed by atoms with Gasteiger partial charge in [-0.3, -0.25) is 4.99 Å². The molecule has 1 aliphatic carbocycles. The SMILES string of the molecule is CCOCCNC(=NC)NCC1(c2ccccc2F)CC1.I. The van der Waals surface area contributed by atoms with Crippen molar-refractivity contribution >= 4 is 29.9 Å². The molecule has 0 bridgehead atoms. The minimum Gasteiger partial charge on any atom is -0.380 e. The average molecular weight is 421 g/mol. The van der Waals surface area contributed by atoms with E-state index in [1.807, 2.05) is 19.1 Å². The van der Waals surface area contributed by atoms with E-state index < -0.39 is 0 Å². The van der Waals surface area contributed by atoms with Gasteiger partial charge in [-0.1, -0.05) is 18.2 Å². The predicted octanol–water partition coefficient (Wildman–Crippen LogP) is 2.68. The molecule has 124 valence electrons. The number of hydrogen-bond acceptors (Lipinski definition) is 2. The summed E-state index contributed by atoms with van der Waals surface area (Å²) in [5, 5.41) is 6.48. The molecule has 4 nitrogen and oxygen atoms in total. The fourth-order valence-corrected chi connectivity index (χ4v) is 2.44. The zero-order chi connectivity index (χ0) is 15.1. The molecular formula is C16H25FIN3O. The summed E-state index contributed by atoms with van der Waals surface area (Å²) in [6, 6.07) is 7.05. The molecule has 0 saturated heterocycles. The first-order valence-electron chi connectivity index (χ1n) is 7.49. The molecule has 0 amide bonds.